The van der Waals surface area contributed by atoms with Crippen LogP contribution in [-0.2, 0) is 6.18 Å². The van der Waals surface area contributed by atoms with Crippen LogP contribution in [0.5, 0.6) is 0 Å². The van der Waals surface area contributed by atoms with Gasteiger partial charge in [0.05, 0.1) is 26.4 Å². The van der Waals surface area contributed by atoms with Crippen LogP contribution in [-0.4, -0.2) is 9.78 Å². The van der Waals surface area contributed by atoms with Gasteiger partial charge in [-0.2, -0.15) is 18.3 Å². The van der Waals surface area contributed by atoms with Crippen LogP contribution in [0.3, 0.4) is 0 Å². The Balaban J connectivity index is 1.79. The predicted molar refractivity (Wildman–Crippen MR) is 114 cm³/mol. The molecule has 1 heterocycles. The second-order valence-corrected chi connectivity index (χ2v) is 7.68. The standard InChI is InChI=1S/C22H12Cl3F3N2/c23-17-10-15(11-18(24)21(17)25)13-6-8-14(9-7-13)19-12-20(22(26,27)28)29-30(19)16-4-2-1-3-5-16/h1-12H. The summed E-state index contributed by atoms with van der Waals surface area (Å²) < 4.78 is 41.2. The molecule has 1 aromatic heterocycles. The lowest BCUT2D eigenvalue weighted by Crippen LogP contribution is -2.07. The molecule has 0 atom stereocenters. The molecule has 2 nitrogen and oxygen atoms in total. The van der Waals surface area contributed by atoms with E-state index in [0.717, 1.165) is 17.2 Å². The first-order valence-corrected chi connectivity index (χ1v) is 9.85. The summed E-state index contributed by atoms with van der Waals surface area (Å²) in [5, 5.41) is 4.69. The molecule has 4 aromatic rings. The van der Waals surface area contributed by atoms with Crippen molar-refractivity contribution in [2.24, 2.45) is 0 Å². The number of hydrogen-bond acceptors (Lipinski definition) is 1. The number of alkyl halides is 3. The number of benzene rings is 3. The van der Waals surface area contributed by atoms with E-state index >= 15 is 0 Å². The topological polar surface area (TPSA) is 17.8 Å². The van der Waals surface area contributed by atoms with Gasteiger partial charge in [-0.25, -0.2) is 4.68 Å². The van der Waals surface area contributed by atoms with Crippen molar-refractivity contribution in [1.82, 2.24) is 9.78 Å². The fraction of sp³-hybridized carbons (Fsp3) is 0.0455. The summed E-state index contributed by atoms with van der Waals surface area (Å²) in [6.45, 7) is 0. The molecule has 0 unspecified atom stereocenters. The van der Waals surface area contributed by atoms with Crippen molar-refractivity contribution >= 4 is 34.8 Å². The van der Waals surface area contributed by atoms with Crippen molar-refractivity contribution in [2.45, 2.75) is 6.18 Å². The van der Waals surface area contributed by atoms with Crippen LogP contribution in [0.25, 0.3) is 28.1 Å². The molecular formula is C22H12Cl3F3N2. The highest BCUT2D eigenvalue weighted by molar-refractivity contribution is 6.48. The average Bonchev–Trinajstić information content (AvgIpc) is 3.18. The molecule has 30 heavy (non-hydrogen) atoms. The van der Waals surface area contributed by atoms with E-state index in [1.54, 1.807) is 66.7 Å². The molecule has 4 rings (SSSR count). The minimum Gasteiger partial charge on any atom is -0.233 e. The average molecular weight is 468 g/mol. The normalized spacial score (nSPS) is 11.7. The number of aromatic nitrogens is 2. The monoisotopic (exact) mass is 466 g/mol. The van der Waals surface area contributed by atoms with Gasteiger partial charge in [0, 0.05) is 5.56 Å². The minimum absolute atomic E-state index is 0.269. The predicted octanol–water partition coefficient (Wildman–Crippen LogP) is 8.19. The van der Waals surface area contributed by atoms with Crippen molar-refractivity contribution in [3.8, 4) is 28.1 Å². The first kappa shape index (κ1) is 20.8. The molecule has 0 radical (unpaired) electrons. The third-order valence-corrected chi connectivity index (χ3v) is 5.70. The Labute approximate surface area is 185 Å². The highest BCUT2D eigenvalue weighted by atomic mass is 35.5. The number of halogens is 6. The maximum absolute atomic E-state index is 13.3. The van der Waals surface area contributed by atoms with Gasteiger partial charge in [0.2, 0.25) is 0 Å². The van der Waals surface area contributed by atoms with Gasteiger partial charge in [0.15, 0.2) is 5.69 Å². The van der Waals surface area contributed by atoms with Crippen molar-refractivity contribution in [3.05, 3.63) is 93.6 Å². The van der Waals surface area contributed by atoms with E-state index in [4.69, 9.17) is 34.8 Å². The summed E-state index contributed by atoms with van der Waals surface area (Å²) in [5.41, 5.74) is 2.02. The molecule has 0 saturated carbocycles. The van der Waals surface area contributed by atoms with E-state index in [-0.39, 0.29) is 5.02 Å². The van der Waals surface area contributed by atoms with E-state index < -0.39 is 11.9 Å². The number of hydrogen-bond donors (Lipinski definition) is 0. The molecular weight excluding hydrogens is 456 g/mol. The summed E-state index contributed by atoms with van der Waals surface area (Å²) in [6, 6.07) is 20.1. The molecule has 152 valence electrons. The molecule has 0 aliphatic rings. The van der Waals surface area contributed by atoms with Crippen molar-refractivity contribution in [2.75, 3.05) is 0 Å². The zero-order valence-corrected chi connectivity index (χ0v) is 17.4. The molecule has 0 fully saturated rings. The zero-order valence-electron chi connectivity index (χ0n) is 15.1. The van der Waals surface area contributed by atoms with Gasteiger partial charge in [-0.15, -0.1) is 0 Å². The van der Waals surface area contributed by atoms with Gasteiger partial charge in [0.25, 0.3) is 0 Å². The summed E-state index contributed by atoms with van der Waals surface area (Å²) >= 11 is 18.2. The fourth-order valence-corrected chi connectivity index (χ4v) is 3.64. The first-order valence-electron chi connectivity index (χ1n) is 8.72. The van der Waals surface area contributed by atoms with Crippen molar-refractivity contribution < 1.29 is 13.2 Å². The molecule has 0 aliphatic heterocycles. The lowest BCUT2D eigenvalue weighted by atomic mass is 10.0. The molecule has 8 heteroatoms. The third-order valence-electron chi connectivity index (χ3n) is 4.50. The Morgan fingerprint density at radius 3 is 1.83 bits per heavy atom. The van der Waals surface area contributed by atoms with Crippen LogP contribution in [0.1, 0.15) is 5.69 Å². The molecule has 0 saturated heterocycles. The van der Waals surface area contributed by atoms with E-state index in [1.807, 2.05) is 0 Å². The maximum Gasteiger partial charge on any atom is 0.435 e. The molecule has 0 bridgehead atoms. The first-order chi connectivity index (χ1) is 14.2. The van der Waals surface area contributed by atoms with Gasteiger partial charge in [-0.1, -0.05) is 77.3 Å². The number of para-hydroxylation sites is 1. The second-order valence-electron chi connectivity index (χ2n) is 6.49. The van der Waals surface area contributed by atoms with Gasteiger partial charge in [-0.05, 0) is 41.5 Å². The Bertz CT molecular complexity index is 1180. The van der Waals surface area contributed by atoms with E-state index in [2.05, 4.69) is 5.10 Å². The number of rotatable bonds is 3. The van der Waals surface area contributed by atoms with Gasteiger partial charge in [-0.3, -0.25) is 0 Å². The van der Waals surface area contributed by atoms with E-state index in [0.29, 0.717) is 27.0 Å². The largest absolute Gasteiger partial charge is 0.435 e. The van der Waals surface area contributed by atoms with Crippen LogP contribution in [0.15, 0.2) is 72.8 Å². The molecule has 0 amide bonds. The van der Waals surface area contributed by atoms with E-state index in [1.165, 1.54) is 4.68 Å². The second kappa shape index (κ2) is 7.99. The summed E-state index contributed by atoms with van der Waals surface area (Å²) in [6.07, 6.45) is -4.55. The highest BCUT2D eigenvalue weighted by Crippen LogP contribution is 2.37. The van der Waals surface area contributed by atoms with Gasteiger partial charge < -0.3 is 0 Å². The highest BCUT2D eigenvalue weighted by Gasteiger charge is 2.35. The van der Waals surface area contributed by atoms with Crippen LogP contribution in [0.4, 0.5) is 13.2 Å². The van der Waals surface area contributed by atoms with Crippen LogP contribution in [0, 0.1) is 0 Å². The van der Waals surface area contributed by atoms with Crippen LogP contribution < -0.4 is 0 Å². The van der Waals surface area contributed by atoms with Crippen LogP contribution in [0.2, 0.25) is 15.1 Å². The van der Waals surface area contributed by atoms with E-state index in [9.17, 15) is 13.2 Å². The number of nitrogens with zero attached hydrogens (tertiary/aromatic N) is 2. The summed E-state index contributed by atoms with van der Waals surface area (Å²) in [7, 11) is 0. The molecule has 3 aromatic carbocycles. The maximum atomic E-state index is 13.3. The lowest BCUT2D eigenvalue weighted by Gasteiger charge is -2.09. The third kappa shape index (κ3) is 4.06. The Hall–Kier alpha value is -2.47. The van der Waals surface area contributed by atoms with Crippen LogP contribution >= 0.6 is 34.8 Å². The lowest BCUT2D eigenvalue weighted by molar-refractivity contribution is -0.141. The van der Waals surface area contributed by atoms with Gasteiger partial charge >= 0.3 is 6.18 Å². The summed E-state index contributed by atoms with van der Waals surface area (Å²) in [5.74, 6) is 0. The minimum atomic E-state index is -4.55. The van der Waals surface area contributed by atoms with Crippen molar-refractivity contribution in [1.29, 1.82) is 0 Å². The molecule has 0 spiro atoms. The Morgan fingerprint density at radius 2 is 1.27 bits per heavy atom. The van der Waals surface area contributed by atoms with Gasteiger partial charge in [0.1, 0.15) is 0 Å². The molecule has 0 aliphatic carbocycles. The smallest absolute Gasteiger partial charge is 0.233 e. The SMILES string of the molecule is FC(F)(F)c1cc(-c2ccc(-c3cc(Cl)c(Cl)c(Cl)c3)cc2)n(-c2ccccc2)n1. The summed E-state index contributed by atoms with van der Waals surface area (Å²) in [4.78, 5) is 0. The molecule has 0 N–H and O–H groups in total. The fourth-order valence-electron chi connectivity index (χ4n) is 3.05. The quantitative estimate of drug-likeness (QED) is 0.278. The van der Waals surface area contributed by atoms with Crippen molar-refractivity contribution in [3.63, 3.8) is 0 Å². The Morgan fingerprint density at radius 1 is 0.700 bits per heavy atom. The zero-order chi connectivity index (χ0) is 21.5. The Kier molecular flexibility index (Phi) is 5.53.